The number of rotatable bonds is 6. The molecule has 27 heavy (non-hydrogen) atoms. The molecule has 1 N–H and O–H groups in total. The van der Waals surface area contributed by atoms with Crippen LogP contribution in [0.2, 0.25) is 0 Å². The quantitative estimate of drug-likeness (QED) is 0.810. The fourth-order valence-electron chi connectivity index (χ4n) is 2.38. The standard InChI is InChI=1S/C21H25NO4S/c1-21(2,3)26-20(23)22-18(16-17-10-6-4-7-11-17)14-15-27(24,25)19-12-8-5-9-13-19/h4-15,18H,16H2,1-3H3,(H,22,23)/b15-14+/t18-/m1/s1. The van der Waals surface area contributed by atoms with Crippen molar-refractivity contribution >= 4 is 15.9 Å². The summed E-state index contributed by atoms with van der Waals surface area (Å²) in [5, 5.41) is 3.87. The number of carbonyl (C=O) groups is 1. The lowest BCUT2D eigenvalue weighted by Crippen LogP contribution is -2.39. The van der Waals surface area contributed by atoms with Gasteiger partial charge in [-0.05, 0) is 44.9 Å². The van der Waals surface area contributed by atoms with Crippen LogP contribution in [-0.2, 0) is 21.0 Å². The summed E-state index contributed by atoms with van der Waals surface area (Å²) in [5.74, 6) is 0. The second-order valence-electron chi connectivity index (χ2n) is 7.13. The average molecular weight is 388 g/mol. The predicted octanol–water partition coefficient (Wildman–Crippen LogP) is 4.11. The summed E-state index contributed by atoms with van der Waals surface area (Å²) < 4.78 is 30.2. The highest BCUT2D eigenvalue weighted by Gasteiger charge is 2.19. The fraction of sp³-hybridized carbons (Fsp3) is 0.286. The molecule has 0 bridgehead atoms. The van der Waals surface area contributed by atoms with Gasteiger partial charge < -0.3 is 10.1 Å². The van der Waals surface area contributed by atoms with Gasteiger partial charge in [0.15, 0.2) is 9.84 Å². The van der Waals surface area contributed by atoms with Gasteiger partial charge in [-0.1, -0.05) is 54.6 Å². The van der Waals surface area contributed by atoms with Crippen LogP contribution >= 0.6 is 0 Å². The first-order valence-electron chi connectivity index (χ1n) is 8.67. The monoisotopic (exact) mass is 387 g/mol. The Balaban J connectivity index is 2.19. The lowest BCUT2D eigenvalue weighted by atomic mass is 10.1. The van der Waals surface area contributed by atoms with Crippen LogP contribution in [0.3, 0.4) is 0 Å². The topological polar surface area (TPSA) is 72.5 Å². The maximum Gasteiger partial charge on any atom is 0.408 e. The molecule has 6 heteroatoms. The van der Waals surface area contributed by atoms with Crippen LogP contribution in [0.5, 0.6) is 0 Å². The van der Waals surface area contributed by atoms with Gasteiger partial charge in [0.25, 0.3) is 0 Å². The second kappa shape index (κ2) is 8.86. The maximum absolute atomic E-state index is 12.5. The minimum absolute atomic E-state index is 0.206. The highest BCUT2D eigenvalue weighted by Crippen LogP contribution is 2.13. The molecule has 0 heterocycles. The van der Waals surface area contributed by atoms with Crippen molar-refractivity contribution in [3.8, 4) is 0 Å². The van der Waals surface area contributed by atoms with E-state index in [4.69, 9.17) is 4.74 Å². The molecule has 144 valence electrons. The number of sulfone groups is 1. The Morgan fingerprint density at radius 2 is 1.59 bits per heavy atom. The van der Waals surface area contributed by atoms with Gasteiger partial charge in [-0.2, -0.15) is 0 Å². The van der Waals surface area contributed by atoms with E-state index < -0.39 is 27.6 Å². The van der Waals surface area contributed by atoms with Gasteiger partial charge in [-0.15, -0.1) is 0 Å². The predicted molar refractivity (Wildman–Crippen MR) is 106 cm³/mol. The third-order valence-corrected chi connectivity index (χ3v) is 5.01. The SMILES string of the molecule is CC(C)(C)OC(=O)N[C@H](/C=C/S(=O)(=O)c1ccccc1)Cc1ccccc1. The number of hydrogen-bond donors (Lipinski definition) is 1. The van der Waals surface area contributed by atoms with Crippen LogP contribution in [0, 0.1) is 0 Å². The van der Waals surface area contributed by atoms with Gasteiger partial charge in [0, 0.05) is 5.41 Å². The van der Waals surface area contributed by atoms with Crippen molar-refractivity contribution in [2.45, 2.75) is 43.7 Å². The van der Waals surface area contributed by atoms with Gasteiger partial charge >= 0.3 is 6.09 Å². The number of amides is 1. The van der Waals surface area contributed by atoms with Gasteiger partial charge in [-0.25, -0.2) is 13.2 Å². The van der Waals surface area contributed by atoms with Crippen LogP contribution in [-0.4, -0.2) is 26.2 Å². The number of ether oxygens (including phenoxy) is 1. The Morgan fingerprint density at radius 3 is 2.15 bits per heavy atom. The Labute approximate surface area is 161 Å². The molecule has 2 aromatic rings. The number of hydrogen-bond acceptors (Lipinski definition) is 4. The number of alkyl carbamates (subject to hydrolysis) is 1. The summed E-state index contributed by atoms with van der Waals surface area (Å²) in [6.07, 6.45) is 1.34. The van der Waals surface area contributed by atoms with Crippen LogP contribution in [0.25, 0.3) is 0 Å². The van der Waals surface area contributed by atoms with Gasteiger partial charge in [0.2, 0.25) is 0 Å². The van der Waals surface area contributed by atoms with Crippen LogP contribution < -0.4 is 5.32 Å². The normalized spacial score (nSPS) is 13.3. The minimum atomic E-state index is -3.59. The Kier molecular flexibility index (Phi) is 6.80. The molecule has 0 aromatic heterocycles. The molecule has 2 aromatic carbocycles. The molecule has 0 saturated carbocycles. The van der Waals surface area contributed by atoms with Gasteiger partial charge in [-0.3, -0.25) is 0 Å². The van der Waals surface area contributed by atoms with Crippen LogP contribution in [0.15, 0.2) is 77.0 Å². The lowest BCUT2D eigenvalue weighted by molar-refractivity contribution is 0.0514. The number of nitrogens with one attached hydrogen (secondary N) is 1. The third-order valence-electron chi connectivity index (χ3n) is 3.56. The third kappa shape index (κ3) is 7.27. The van der Waals surface area contributed by atoms with Crippen molar-refractivity contribution in [2.24, 2.45) is 0 Å². The number of carbonyl (C=O) groups excluding carboxylic acids is 1. The summed E-state index contributed by atoms with van der Waals surface area (Å²) >= 11 is 0. The van der Waals surface area contributed by atoms with Crippen molar-refractivity contribution in [1.82, 2.24) is 5.32 Å². The van der Waals surface area contributed by atoms with Crippen molar-refractivity contribution in [2.75, 3.05) is 0 Å². The Morgan fingerprint density at radius 1 is 1.04 bits per heavy atom. The van der Waals surface area contributed by atoms with E-state index >= 15 is 0 Å². The Bertz CT molecular complexity index is 869. The van der Waals surface area contributed by atoms with Crippen molar-refractivity contribution in [3.63, 3.8) is 0 Å². The molecule has 5 nitrogen and oxygen atoms in total. The van der Waals surface area contributed by atoms with Crippen molar-refractivity contribution < 1.29 is 17.9 Å². The first-order chi connectivity index (χ1) is 12.7. The molecular formula is C21H25NO4S. The van der Waals surface area contributed by atoms with E-state index in [1.54, 1.807) is 39.0 Å². The Hall–Kier alpha value is -2.60. The van der Waals surface area contributed by atoms with Gasteiger partial charge in [0.05, 0.1) is 10.9 Å². The average Bonchev–Trinajstić information content (AvgIpc) is 2.60. The van der Waals surface area contributed by atoms with E-state index in [1.807, 2.05) is 30.3 Å². The smallest absolute Gasteiger partial charge is 0.408 e. The summed E-state index contributed by atoms with van der Waals surface area (Å²) in [4.78, 5) is 12.3. The first kappa shape index (κ1) is 20.7. The molecule has 1 amide bonds. The molecule has 0 unspecified atom stereocenters. The van der Waals surface area contributed by atoms with Crippen molar-refractivity contribution in [3.05, 3.63) is 77.7 Å². The lowest BCUT2D eigenvalue weighted by Gasteiger charge is -2.22. The van der Waals surface area contributed by atoms with E-state index in [2.05, 4.69) is 5.32 Å². The van der Waals surface area contributed by atoms with Crippen LogP contribution in [0.4, 0.5) is 4.79 Å². The first-order valence-corrected chi connectivity index (χ1v) is 10.2. The summed E-state index contributed by atoms with van der Waals surface area (Å²) in [5.41, 5.74) is 0.335. The highest BCUT2D eigenvalue weighted by atomic mass is 32.2. The zero-order valence-electron chi connectivity index (χ0n) is 15.8. The van der Waals surface area contributed by atoms with Gasteiger partial charge in [0.1, 0.15) is 5.60 Å². The molecule has 2 rings (SSSR count). The fourth-order valence-corrected chi connectivity index (χ4v) is 3.47. The zero-order valence-corrected chi connectivity index (χ0v) is 16.6. The number of benzene rings is 2. The largest absolute Gasteiger partial charge is 0.444 e. The molecule has 0 radical (unpaired) electrons. The zero-order chi connectivity index (χ0) is 19.9. The minimum Gasteiger partial charge on any atom is -0.444 e. The molecule has 1 atom stereocenters. The van der Waals surface area contributed by atoms with E-state index in [9.17, 15) is 13.2 Å². The molecule has 0 spiro atoms. The second-order valence-corrected chi connectivity index (χ2v) is 8.96. The molecule has 0 aliphatic carbocycles. The summed E-state index contributed by atoms with van der Waals surface area (Å²) in [6.45, 7) is 5.32. The highest BCUT2D eigenvalue weighted by molar-refractivity contribution is 7.94. The van der Waals surface area contributed by atoms with Crippen LogP contribution in [0.1, 0.15) is 26.3 Å². The summed E-state index contributed by atoms with van der Waals surface area (Å²) in [7, 11) is -3.59. The molecular weight excluding hydrogens is 362 g/mol. The van der Waals surface area contributed by atoms with E-state index in [0.717, 1.165) is 11.0 Å². The van der Waals surface area contributed by atoms with E-state index in [1.165, 1.54) is 18.2 Å². The summed E-state index contributed by atoms with van der Waals surface area (Å²) in [6, 6.07) is 17.2. The maximum atomic E-state index is 12.5. The van der Waals surface area contributed by atoms with E-state index in [-0.39, 0.29) is 4.90 Å². The van der Waals surface area contributed by atoms with Crippen molar-refractivity contribution in [1.29, 1.82) is 0 Å². The van der Waals surface area contributed by atoms with E-state index in [0.29, 0.717) is 6.42 Å². The molecule has 0 aliphatic heterocycles. The molecule has 0 fully saturated rings. The molecule has 0 saturated heterocycles. The molecule has 0 aliphatic rings.